The van der Waals surface area contributed by atoms with E-state index in [1.54, 1.807) is 5.57 Å². The van der Waals surface area contributed by atoms with Crippen LogP contribution in [0.5, 0.6) is 0 Å². The number of ketones is 1. The first-order valence-corrected chi connectivity index (χ1v) is 14.3. The van der Waals surface area contributed by atoms with Crippen molar-refractivity contribution in [2.24, 2.45) is 29.6 Å². The van der Waals surface area contributed by atoms with Crippen molar-refractivity contribution in [2.75, 3.05) is 0 Å². The lowest BCUT2D eigenvalue weighted by Gasteiger charge is -2.50. The van der Waals surface area contributed by atoms with Crippen LogP contribution in [0.25, 0.3) is 0 Å². The molecule has 4 nitrogen and oxygen atoms in total. The van der Waals surface area contributed by atoms with E-state index in [0.717, 1.165) is 38.5 Å². The van der Waals surface area contributed by atoms with Crippen LogP contribution in [0.1, 0.15) is 85.5 Å². The van der Waals surface area contributed by atoms with Crippen LogP contribution in [0.3, 0.4) is 0 Å². The summed E-state index contributed by atoms with van der Waals surface area (Å²) in [5.41, 5.74) is 4.63. The second-order valence-corrected chi connectivity index (χ2v) is 13.3. The minimum absolute atomic E-state index is 0.0874. The lowest BCUT2D eigenvalue weighted by Crippen LogP contribution is -2.62. The van der Waals surface area contributed by atoms with Crippen molar-refractivity contribution in [1.82, 2.24) is 4.31 Å². The van der Waals surface area contributed by atoms with E-state index in [0.29, 0.717) is 24.0 Å². The Hall–Kier alpha value is -0.940. The standard InChI is InChI=1S/C26H39NO3S/c1-5-7-18-13-21-24(18)25(21)19-11-10-15(2)23(14-19)31(29,30)27-17(4)12-22(28)20-9-6-8-16(3)26(20)27/h13,15-17,19-20,23,25-26H,5-12,14H2,1-4H3. The first-order valence-electron chi connectivity index (χ1n) is 12.8. The molecule has 1 heterocycles. The molecule has 0 bridgehead atoms. The van der Waals surface area contributed by atoms with Gasteiger partial charge in [-0.1, -0.05) is 39.7 Å². The summed E-state index contributed by atoms with van der Waals surface area (Å²) in [6.07, 6.45) is 11.0. The Labute approximate surface area is 188 Å². The average Bonchev–Trinajstić information content (AvgIpc) is 3.31. The van der Waals surface area contributed by atoms with E-state index in [9.17, 15) is 13.2 Å². The van der Waals surface area contributed by atoms with Crippen LogP contribution in [0, 0.1) is 29.6 Å². The van der Waals surface area contributed by atoms with Crippen molar-refractivity contribution in [3.05, 3.63) is 22.8 Å². The number of carbonyl (C=O) groups excluding carboxylic acids is 1. The Morgan fingerprint density at radius 3 is 2.58 bits per heavy atom. The van der Waals surface area contributed by atoms with Gasteiger partial charge in [-0.2, -0.15) is 4.31 Å². The number of fused-ring (bicyclic) bond motifs is 1. The van der Waals surface area contributed by atoms with Crippen LogP contribution in [0.15, 0.2) is 22.8 Å². The van der Waals surface area contributed by atoms with E-state index in [-0.39, 0.29) is 35.1 Å². The molecule has 0 aromatic carbocycles. The predicted molar refractivity (Wildman–Crippen MR) is 124 cm³/mol. The van der Waals surface area contributed by atoms with Gasteiger partial charge in [-0.3, -0.25) is 4.79 Å². The molecule has 1 aliphatic heterocycles. The van der Waals surface area contributed by atoms with Crippen LogP contribution in [-0.4, -0.2) is 35.8 Å². The Bertz CT molecular complexity index is 932. The molecule has 0 aromatic rings. The van der Waals surface area contributed by atoms with Gasteiger partial charge in [0.2, 0.25) is 10.0 Å². The fourth-order valence-electron chi connectivity index (χ4n) is 7.57. The fourth-order valence-corrected chi connectivity index (χ4v) is 10.4. The molecule has 0 radical (unpaired) electrons. The molecular weight excluding hydrogens is 406 g/mol. The van der Waals surface area contributed by atoms with Crippen molar-refractivity contribution < 1.29 is 13.2 Å². The number of hydrogen-bond acceptors (Lipinski definition) is 3. The monoisotopic (exact) mass is 445 g/mol. The van der Waals surface area contributed by atoms with Gasteiger partial charge in [0.15, 0.2) is 0 Å². The average molecular weight is 446 g/mol. The summed E-state index contributed by atoms with van der Waals surface area (Å²) in [7, 11) is -3.44. The van der Waals surface area contributed by atoms with Gasteiger partial charge in [0.1, 0.15) is 5.78 Å². The normalized spacial score (nSPS) is 43.1. The summed E-state index contributed by atoms with van der Waals surface area (Å²) >= 11 is 0. The van der Waals surface area contributed by atoms with Crippen LogP contribution >= 0.6 is 0 Å². The minimum Gasteiger partial charge on any atom is -0.299 e. The number of rotatable bonds is 5. The summed E-state index contributed by atoms with van der Waals surface area (Å²) < 4.78 is 30.2. The van der Waals surface area contributed by atoms with Crippen LogP contribution in [-0.2, 0) is 14.8 Å². The molecule has 5 heteroatoms. The molecule has 4 aliphatic carbocycles. The van der Waals surface area contributed by atoms with Gasteiger partial charge >= 0.3 is 0 Å². The van der Waals surface area contributed by atoms with E-state index in [1.807, 2.05) is 11.2 Å². The highest BCUT2D eigenvalue weighted by Gasteiger charge is 2.55. The van der Waals surface area contributed by atoms with E-state index >= 15 is 0 Å². The summed E-state index contributed by atoms with van der Waals surface area (Å²) in [4.78, 5) is 12.8. The molecule has 31 heavy (non-hydrogen) atoms. The molecule has 8 unspecified atom stereocenters. The highest BCUT2D eigenvalue weighted by molar-refractivity contribution is 7.89. The molecule has 172 valence electrons. The first kappa shape index (κ1) is 21.9. The summed E-state index contributed by atoms with van der Waals surface area (Å²) in [6, 6.07) is -0.327. The van der Waals surface area contributed by atoms with Crippen molar-refractivity contribution >= 4 is 15.8 Å². The molecule has 0 N–H and O–H groups in total. The number of allylic oxidation sites excluding steroid dienone is 4. The number of nitrogens with zero attached hydrogens (tertiary/aromatic N) is 1. The van der Waals surface area contributed by atoms with Crippen molar-refractivity contribution in [3.8, 4) is 0 Å². The Balaban J connectivity index is 1.37. The third-order valence-electron chi connectivity index (χ3n) is 9.19. The summed E-state index contributed by atoms with van der Waals surface area (Å²) in [6.45, 7) is 8.49. The van der Waals surface area contributed by atoms with Gasteiger partial charge in [-0.15, -0.1) is 0 Å². The Morgan fingerprint density at radius 1 is 1.06 bits per heavy atom. The molecule has 2 saturated carbocycles. The quantitative estimate of drug-likeness (QED) is 0.580. The second-order valence-electron chi connectivity index (χ2n) is 11.3. The van der Waals surface area contributed by atoms with Gasteiger partial charge in [-0.25, -0.2) is 8.42 Å². The largest absolute Gasteiger partial charge is 0.299 e. The van der Waals surface area contributed by atoms with Gasteiger partial charge in [0, 0.05) is 30.3 Å². The Kier molecular flexibility index (Phi) is 5.53. The third-order valence-corrected chi connectivity index (χ3v) is 11.8. The summed E-state index contributed by atoms with van der Waals surface area (Å²) in [5, 5.41) is -0.299. The predicted octanol–water partition coefficient (Wildman–Crippen LogP) is 5.26. The van der Waals surface area contributed by atoms with E-state index < -0.39 is 10.0 Å². The number of Topliss-reactive ketones (excluding diaryl/α,β-unsaturated/α-hetero) is 1. The van der Waals surface area contributed by atoms with Crippen molar-refractivity contribution in [3.63, 3.8) is 0 Å². The van der Waals surface area contributed by atoms with Crippen LogP contribution in [0.2, 0.25) is 0 Å². The molecule has 5 aliphatic rings. The zero-order valence-electron chi connectivity index (χ0n) is 19.6. The molecular formula is C26H39NO3S. The molecule has 0 amide bonds. The third kappa shape index (κ3) is 3.40. The van der Waals surface area contributed by atoms with Gasteiger partial charge < -0.3 is 0 Å². The fraction of sp³-hybridized carbons (Fsp3) is 0.808. The maximum absolute atomic E-state index is 14.2. The maximum Gasteiger partial charge on any atom is 0.217 e. The SMILES string of the molecule is CCCC1=CC2=C1C2C1CCC(C)C(S(=O)(=O)N2C(C)CC(=O)C3CCCC(C)C32)C1. The highest BCUT2D eigenvalue weighted by Crippen LogP contribution is 2.61. The lowest BCUT2D eigenvalue weighted by molar-refractivity contribution is -0.131. The number of piperidine rings is 1. The van der Waals surface area contributed by atoms with Crippen molar-refractivity contribution in [1.29, 1.82) is 0 Å². The smallest absolute Gasteiger partial charge is 0.217 e. The van der Waals surface area contributed by atoms with Gasteiger partial charge in [-0.05, 0) is 79.9 Å². The second kappa shape index (κ2) is 7.83. The molecule has 0 spiro atoms. The summed E-state index contributed by atoms with van der Waals surface area (Å²) in [5.74, 6) is 1.69. The van der Waals surface area contributed by atoms with E-state index in [2.05, 4.69) is 26.8 Å². The van der Waals surface area contributed by atoms with Crippen LogP contribution < -0.4 is 0 Å². The number of hydrogen-bond donors (Lipinski definition) is 0. The van der Waals surface area contributed by atoms with Crippen molar-refractivity contribution in [2.45, 2.75) is 103 Å². The zero-order chi connectivity index (χ0) is 22.1. The number of carbonyl (C=O) groups is 1. The lowest BCUT2D eigenvalue weighted by atomic mass is 9.72. The molecule has 0 aromatic heterocycles. The molecule has 5 rings (SSSR count). The topological polar surface area (TPSA) is 54.5 Å². The zero-order valence-corrected chi connectivity index (χ0v) is 20.5. The first-order chi connectivity index (χ1) is 14.8. The van der Waals surface area contributed by atoms with E-state index in [1.165, 1.54) is 24.0 Å². The van der Waals surface area contributed by atoms with Crippen LogP contribution in [0.4, 0.5) is 0 Å². The maximum atomic E-state index is 14.2. The number of sulfonamides is 1. The van der Waals surface area contributed by atoms with Gasteiger partial charge in [0.05, 0.1) is 5.25 Å². The molecule has 1 saturated heterocycles. The molecule has 3 fully saturated rings. The highest BCUT2D eigenvalue weighted by atomic mass is 32.2. The minimum atomic E-state index is -3.44. The van der Waals surface area contributed by atoms with Gasteiger partial charge in [0.25, 0.3) is 0 Å². The van der Waals surface area contributed by atoms with E-state index in [4.69, 9.17) is 0 Å². The Morgan fingerprint density at radius 2 is 1.84 bits per heavy atom. The molecule has 8 atom stereocenters.